The fourth-order valence-corrected chi connectivity index (χ4v) is 1.52. The average Bonchev–Trinajstić information content (AvgIpc) is 2.32. The molecule has 5 nitrogen and oxygen atoms in total. The number of esters is 1. The Hall–Kier alpha value is -1.17. The maximum Gasteiger partial charge on any atom is 0.408 e. The van der Waals surface area contributed by atoms with Gasteiger partial charge >= 0.3 is 12.1 Å². The summed E-state index contributed by atoms with van der Waals surface area (Å²) >= 11 is 1.59. The van der Waals surface area contributed by atoms with Crippen LogP contribution in [0.1, 0.15) is 13.3 Å². The molecule has 0 radical (unpaired) electrons. The standard InChI is InChI=1S/C11H19NO4S/c1-4-7-16-11(14)12-9(6-8-17-3)10(13)15-5-2/h4,9H,1,5-8H2,2-3H3,(H,12,14)/t9-/m0/s1. The molecule has 0 aromatic rings. The van der Waals surface area contributed by atoms with Gasteiger partial charge in [0, 0.05) is 0 Å². The number of carbonyl (C=O) groups excluding carboxylic acids is 2. The summed E-state index contributed by atoms with van der Waals surface area (Å²) in [5.41, 5.74) is 0. The van der Waals surface area contributed by atoms with Crippen LogP contribution in [0, 0.1) is 0 Å². The van der Waals surface area contributed by atoms with Gasteiger partial charge in [0.1, 0.15) is 12.6 Å². The van der Waals surface area contributed by atoms with E-state index in [9.17, 15) is 9.59 Å². The molecule has 0 aliphatic heterocycles. The summed E-state index contributed by atoms with van der Waals surface area (Å²) in [7, 11) is 0. The lowest BCUT2D eigenvalue weighted by molar-refractivity contribution is -0.145. The van der Waals surface area contributed by atoms with Gasteiger partial charge in [-0.15, -0.1) is 0 Å². The summed E-state index contributed by atoms with van der Waals surface area (Å²) in [6.07, 6.45) is 3.27. The highest BCUT2D eigenvalue weighted by atomic mass is 32.2. The number of nitrogens with one attached hydrogen (secondary N) is 1. The lowest BCUT2D eigenvalue weighted by Gasteiger charge is -2.16. The van der Waals surface area contributed by atoms with Crippen LogP contribution in [0.15, 0.2) is 12.7 Å². The fraction of sp³-hybridized carbons (Fsp3) is 0.636. The molecule has 1 amide bonds. The van der Waals surface area contributed by atoms with Crippen LogP contribution < -0.4 is 5.32 Å². The van der Waals surface area contributed by atoms with Crippen molar-refractivity contribution in [3.05, 3.63) is 12.7 Å². The molecule has 0 saturated heterocycles. The topological polar surface area (TPSA) is 64.6 Å². The van der Waals surface area contributed by atoms with E-state index in [1.807, 2.05) is 6.26 Å². The third-order valence-corrected chi connectivity index (χ3v) is 2.45. The van der Waals surface area contributed by atoms with E-state index < -0.39 is 18.1 Å². The van der Waals surface area contributed by atoms with Crippen molar-refractivity contribution in [1.29, 1.82) is 0 Å². The molecule has 0 saturated carbocycles. The van der Waals surface area contributed by atoms with E-state index >= 15 is 0 Å². The molecule has 0 fully saturated rings. The number of ether oxygens (including phenoxy) is 2. The number of carbonyl (C=O) groups is 2. The first-order valence-electron chi connectivity index (χ1n) is 5.35. The lowest BCUT2D eigenvalue weighted by atomic mass is 10.2. The molecule has 1 N–H and O–H groups in total. The second kappa shape index (κ2) is 10.0. The van der Waals surface area contributed by atoms with Gasteiger partial charge in [0.15, 0.2) is 0 Å². The summed E-state index contributed by atoms with van der Waals surface area (Å²) in [5, 5.41) is 2.47. The van der Waals surface area contributed by atoms with Crippen molar-refractivity contribution in [1.82, 2.24) is 5.32 Å². The van der Waals surface area contributed by atoms with Crippen LogP contribution in [-0.4, -0.2) is 43.3 Å². The van der Waals surface area contributed by atoms with Crippen LogP contribution in [0.4, 0.5) is 4.79 Å². The SMILES string of the molecule is C=CCOC(=O)N[C@@H](CCSC)C(=O)OCC. The zero-order chi connectivity index (χ0) is 13.1. The molecule has 0 aromatic heterocycles. The summed E-state index contributed by atoms with van der Waals surface area (Å²) < 4.78 is 9.62. The molecule has 0 aliphatic carbocycles. The zero-order valence-corrected chi connectivity index (χ0v) is 11.0. The largest absolute Gasteiger partial charge is 0.464 e. The van der Waals surface area contributed by atoms with Gasteiger partial charge in [0.05, 0.1) is 6.61 Å². The predicted octanol–water partition coefficient (Wildman–Crippen LogP) is 1.58. The highest BCUT2D eigenvalue weighted by Gasteiger charge is 2.21. The van der Waals surface area contributed by atoms with E-state index in [-0.39, 0.29) is 13.2 Å². The Bertz CT molecular complexity index is 258. The summed E-state index contributed by atoms with van der Waals surface area (Å²) in [4.78, 5) is 22.8. The van der Waals surface area contributed by atoms with E-state index in [1.54, 1.807) is 18.7 Å². The van der Waals surface area contributed by atoms with Crippen molar-refractivity contribution in [3.8, 4) is 0 Å². The second-order valence-electron chi connectivity index (χ2n) is 3.12. The Morgan fingerprint density at radius 2 is 2.18 bits per heavy atom. The Morgan fingerprint density at radius 1 is 1.47 bits per heavy atom. The molecule has 0 aromatic carbocycles. The molecular formula is C11H19NO4S. The number of hydrogen-bond donors (Lipinski definition) is 1. The van der Waals surface area contributed by atoms with Crippen molar-refractivity contribution in [2.24, 2.45) is 0 Å². The molecule has 0 rings (SSSR count). The van der Waals surface area contributed by atoms with Gasteiger partial charge in [-0.1, -0.05) is 12.7 Å². The van der Waals surface area contributed by atoms with E-state index in [0.29, 0.717) is 6.42 Å². The monoisotopic (exact) mass is 261 g/mol. The van der Waals surface area contributed by atoms with Crippen molar-refractivity contribution in [2.75, 3.05) is 25.2 Å². The summed E-state index contributed by atoms with van der Waals surface area (Å²) in [5.74, 6) is 0.322. The van der Waals surface area contributed by atoms with Crippen LogP contribution in [0.25, 0.3) is 0 Å². The number of hydrogen-bond acceptors (Lipinski definition) is 5. The highest BCUT2D eigenvalue weighted by molar-refractivity contribution is 7.98. The number of thioether (sulfide) groups is 1. The number of amides is 1. The van der Waals surface area contributed by atoms with Crippen LogP contribution in [0.5, 0.6) is 0 Å². The van der Waals surface area contributed by atoms with Gasteiger partial charge in [0.25, 0.3) is 0 Å². The minimum absolute atomic E-state index is 0.115. The second-order valence-corrected chi connectivity index (χ2v) is 4.10. The van der Waals surface area contributed by atoms with Crippen LogP contribution in [0.2, 0.25) is 0 Å². The van der Waals surface area contributed by atoms with Crippen LogP contribution in [-0.2, 0) is 14.3 Å². The summed E-state index contributed by atoms with van der Waals surface area (Å²) in [6.45, 7) is 5.55. The third kappa shape index (κ3) is 7.68. The maximum absolute atomic E-state index is 11.5. The van der Waals surface area contributed by atoms with Crippen molar-refractivity contribution in [3.63, 3.8) is 0 Å². The molecular weight excluding hydrogens is 242 g/mol. The van der Waals surface area contributed by atoms with E-state index in [0.717, 1.165) is 5.75 Å². The molecule has 6 heteroatoms. The molecule has 0 spiro atoms. The van der Waals surface area contributed by atoms with Crippen LogP contribution >= 0.6 is 11.8 Å². The van der Waals surface area contributed by atoms with Gasteiger partial charge in [0.2, 0.25) is 0 Å². The maximum atomic E-state index is 11.5. The molecule has 1 atom stereocenters. The zero-order valence-electron chi connectivity index (χ0n) is 10.2. The smallest absolute Gasteiger partial charge is 0.408 e. The Kier molecular flexibility index (Phi) is 9.33. The van der Waals surface area contributed by atoms with Gasteiger partial charge < -0.3 is 14.8 Å². The van der Waals surface area contributed by atoms with Crippen molar-refractivity contribution >= 4 is 23.8 Å². The lowest BCUT2D eigenvalue weighted by Crippen LogP contribution is -2.42. The number of rotatable bonds is 8. The molecule has 0 bridgehead atoms. The highest BCUT2D eigenvalue weighted by Crippen LogP contribution is 2.03. The molecule has 98 valence electrons. The summed E-state index contributed by atoms with van der Waals surface area (Å²) in [6, 6.07) is -0.653. The van der Waals surface area contributed by atoms with Gasteiger partial charge in [-0.05, 0) is 25.4 Å². The Labute approximate surface area is 106 Å². The third-order valence-electron chi connectivity index (χ3n) is 1.81. The Balaban J connectivity index is 4.21. The first-order chi connectivity index (χ1) is 8.15. The van der Waals surface area contributed by atoms with Crippen molar-refractivity contribution in [2.45, 2.75) is 19.4 Å². The molecule has 0 heterocycles. The number of alkyl carbamates (subject to hydrolysis) is 1. The fourth-order valence-electron chi connectivity index (χ4n) is 1.05. The average molecular weight is 261 g/mol. The minimum Gasteiger partial charge on any atom is -0.464 e. The van der Waals surface area contributed by atoms with E-state index in [2.05, 4.69) is 11.9 Å². The normalized spacial score (nSPS) is 11.4. The molecule has 0 aliphatic rings. The van der Waals surface area contributed by atoms with Crippen molar-refractivity contribution < 1.29 is 19.1 Å². The quantitative estimate of drug-likeness (QED) is 0.531. The van der Waals surface area contributed by atoms with Gasteiger partial charge in [-0.3, -0.25) is 0 Å². The predicted molar refractivity (Wildman–Crippen MR) is 68.1 cm³/mol. The van der Waals surface area contributed by atoms with Gasteiger partial charge in [-0.2, -0.15) is 11.8 Å². The first-order valence-corrected chi connectivity index (χ1v) is 6.74. The van der Waals surface area contributed by atoms with E-state index in [4.69, 9.17) is 9.47 Å². The minimum atomic E-state index is -0.653. The van der Waals surface area contributed by atoms with Gasteiger partial charge in [-0.25, -0.2) is 9.59 Å². The van der Waals surface area contributed by atoms with E-state index in [1.165, 1.54) is 6.08 Å². The first kappa shape index (κ1) is 15.8. The Morgan fingerprint density at radius 3 is 2.71 bits per heavy atom. The molecule has 17 heavy (non-hydrogen) atoms. The van der Waals surface area contributed by atoms with Crippen LogP contribution in [0.3, 0.4) is 0 Å². The molecule has 0 unspecified atom stereocenters.